The van der Waals surface area contributed by atoms with Gasteiger partial charge >= 0.3 is 0 Å². The predicted octanol–water partition coefficient (Wildman–Crippen LogP) is 2.55. The van der Waals surface area contributed by atoms with Gasteiger partial charge in [-0.05, 0) is 39.2 Å². The molecule has 4 heteroatoms. The minimum atomic E-state index is 0.719. The third-order valence-electron chi connectivity index (χ3n) is 2.27. The standard InChI is InChI=1S/C12H16N2OS/c1-9-13-11-5-4-10(8-12(11)16-9)15-7-6-14(2)3/h4-5,8H,6-7H2,1-3H3. The average molecular weight is 236 g/mol. The number of hydrogen-bond acceptors (Lipinski definition) is 4. The Kier molecular flexibility index (Phi) is 3.41. The molecule has 0 fully saturated rings. The molecule has 0 radical (unpaired) electrons. The molecule has 0 aliphatic carbocycles. The molecule has 2 aromatic rings. The lowest BCUT2D eigenvalue weighted by Crippen LogP contribution is -2.19. The molecule has 1 heterocycles. The van der Waals surface area contributed by atoms with Crippen molar-refractivity contribution in [1.82, 2.24) is 9.88 Å². The van der Waals surface area contributed by atoms with Gasteiger partial charge in [-0.3, -0.25) is 0 Å². The number of aromatic nitrogens is 1. The summed E-state index contributed by atoms with van der Waals surface area (Å²) in [4.78, 5) is 6.52. The van der Waals surface area contributed by atoms with Crippen LogP contribution in [0.2, 0.25) is 0 Å². The maximum Gasteiger partial charge on any atom is 0.120 e. The molecule has 1 aromatic heterocycles. The van der Waals surface area contributed by atoms with Gasteiger partial charge in [0.2, 0.25) is 0 Å². The van der Waals surface area contributed by atoms with E-state index in [0.29, 0.717) is 0 Å². The molecule has 3 nitrogen and oxygen atoms in total. The normalized spacial score (nSPS) is 11.2. The molecule has 1 aromatic carbocycles. The van der Waals surface area contributed by atoms with Crippen molar-refractivity contribution in [1.29, 1.82) is 0 Å². The zero-order chi connectivity index (χ0) is 11.5. The first kappa shape index (κ1) is 11.4. The Balaban J connectivity index is 2.07. The number of nitrogens with zero attached hydrogens (tertiary/aromatic N) is 2. The summed E-state index contributed by atoms with van der Waals surface area (Å²) >= 11 is 1.70. The molecular formula is C12H16N2OS. The fraction of sp³-hybridized carbons (Fsp3) is 0.417. The molecule has 0 unspecified atom stereocenters. The van der Waals surface area contributed by atoms with Crippen molar-refractivity contribution in [2.24, 2.45) is 0 Å². The number of aryl methyl sites for hydroxylation is 1. The van der Waals surface area contributed by atoms with Crippen LogP contribution in [0.4, 0.5) is 0 Å². The number of hydrogen-bond donors (Lipinski definition) is 0. The van der Waals surface area contributed by atoms with Crippen LogP contribution < -0.4 is 4.74 Å². The molecule has 86 valence electrons. The Morgan fingerprint density at radius 3 is 2.94 bits per heavy atom. The monoisotopic (exact) mass is 236 g/mol. The van der Waals surface area contributed by atoms with Crippen LogP contribution in [0.15, 0.2) is 18.2 Å². The minimum absolute atomic E-state index is 0.719. The Morgan fingerprint density at radius 2 is 2.19 bits per heavy atom. The largest absolute Gasteiger partial charge is 0.492 e. The topological polar surface area (TPSA) is 25.4 Å². The van der Waals surface area contributed by atoms with Crippen molar-refractivity contribution in [3.63, 3.8) is 0 Å². The Labute approximate surface area is 99.7 Å². The first-order valence-corrected chi connectivity index (χ1v) is 6.11. The van der Waals surface area contributed by atoms with E-state index < -0.39 is 0 Å². The van der Waals surface area contributed by atoms with E-state index >= 15 is 0 Å². The van der Waals surface area contributed by atoms with Crippen LogP contribution in [0.1, 0.15) is 5.01 Å². The van der Waals surface area contributed by atoms with Crippen LogP contribution in [-0.2, 0) is 0 Å². The molecule has 0 aliphatic rings. The third-order valence-corrected chi connectivity index (χ3v) is 3.21. The summed E-state index contributed by atoms with van der Waals surface area (Å²) in [5.74, 6) is 0.929. The van der Waals surface area contributed by atoms with E-state index in [0.717, 1.165) is 29.4 Å². The summed E-state index contributed by atoms with van der Waals surface area (Å²) in [7, 11) is 4.08. The maximum absolute atomic E-state index is 5.67. The number of benzene rings is 1. The molecule has 0 atom stereocenters. The maximum atomic E-state index is 5.67. The van der Waals surface area contributed by atoms with Crippen LogP contribution in [-0.4, -0.2) is 37.1 Å². The summed E-state index contributed by atoms with van der Waals surface area (Å²) in [6.45, 7) is 3.67. The van der Waals surface area contributed by atoms with E-state index in [9.17, 15) is 0 Å². The van der Waals surface area contributed by atoms with Gasteiger partial charge in [-0.15, -0.1) is 11.3 Å². The Hall–Kier alpha value is -1.13. The van der Waals surface area contributed by atoms with Gasteiger partial charge in [0.25, 0.3) is 0 Å². The molecule has 0 N–H and O–H groups in total. The highest BCUT2D eigenvalue weighted by Crippen LogP contribution is 2.25. The van der Waals surface area contributed by atoms with Crippen LogP contribution in [0.3, 0.4) is 0 Å². The second-order valence-corrected chi connectivity index (χ2v) is 5.25. The molecule has 0 saturated heterocycles. The highest BCUT2D eigenvalue weighted by molar-refractivity contribution is 7.18. The van der Waals surface area contributed by atoms with Crippen molar-refractivity contribution in [2.45, 2.75) is 6.92 Å². The van der Waals surface area contributed by atoms with Gasteiger partial charge in [-0.1, -0.05) is 0 Å². The molecule has 0 spiro atoms. The van der Waals surface area contributed by atoms with E-state index in [2.05, 4.69) is 16.0 Å². The van der Waals surface area contributed by atoms with E-state index in [4.69, 9.17) is 4.74 Å². The molecule has 0 aliphatic heterocycles. The third kappa shape index (κ3) is 2.71. The number of ether oxygens (including phenoxy) is 1. The Bertz CT molecular complexity index is 479. The van der Waals surface area contributed by atoms with Gasteiger partial charge in [0.05, 0.1) is 15.2 Å². The second-order valence-electron chi connectivity index (χ2n) is 4.01. The van der Waals surface area contributed by atoms with Gasteiger partial charge < -0.3 is 9.64 Å². The van der Waals surface area contributed by atoms with Gasteiger partial charge in [-0.2, -0.15) is 0 Å². The number of rotatable bonds is 4. The highest BCUT2D eigenvalue weighted by Gasteiger charge is 2.02. The first-order chi connectivity index (χ1) is 7.65. The predicted molar refractivity (Wildman–Crippen MR) is 68.4 cm³/mol. The zero-order valence-electron chi connectivity index (χ0n) is 9.86. The molecule has 0 saturated carbocycles. The van der Waals surface area contributed by atoms with E-state index in [1.54, 1.807) is 11.3 Å². The van der Waals surface area contributed by atoms with Crippen LogP contribution in [0.25, 0.3) is 10.2 Å². The summed E-state index contributed by atoms with van der Waals surface area (Å²) in [5.41, 5.74) is 1.06. The van der Waals surface area contributed by atoms with E-state index in [-0.39, 0.29) is 0 Å². The lowest BCUT2D eigenvalue weighted by atomic mass is 10.3. The zero-order valence-corrected chi connectivity index (χ0v) is 10.7. The van der Waals surface area contributed by atoms with Crippen molar-refractivity contribution in [2.75, 3.05) is 27.2 Å². The van der Waals surface area contributed by atoms with Crippen LogP contribution in [0, 0.1) is 6.92 Å². The van der Waals surface area contributed by atoms with Crippen molar-refractivity contribution in [3.8, 4) is 5.75 Å². The molecule has 16 heavy (non-hydrogen) atoms. The van der Waals surface area contributed by atoms with Crippen LogP contribution in [0.5, 0.6) is 5.75 Å². The smallest absolute Gasteiger partial charge is 0.120 e. The summed E-state index contributed by atoms with van der Waals surface area (Å²) in [5, 5.41) is 1.10. The van der Waals surface area contributed by atoms with Crippen molar-refractivity contribution in [3.05, 3.63) is 23.2 Å². The fourth-order valence-electron chi connectivity index (χ4n) is 1.46. The molecular weight excluding hydrogens is 220 g/mol. The number of likely N-dealkylation sites (N-methyl/N-ethyl adjacent to an activating group) is 1. The van der Waals surface area contributed by atoms with Gasteiger partial charge in [0, 0.05) is 6.54 Å². The first-order valence-electron chi connectivity index (χ1n) is 5.30. The second kappa shape index (κ2) is 4.80. The molecule has 0 amide bonds. The quantitative estimate of drug-likeness (QED) is 0.815. The number of fused-ring (bicyclic) bond motifs is 1. The van der Waals surface area contributed by atoms with E-state index in [1.165, 1.54) is 4.70 Å². The van der Waals surface area contributed by atoms with Crippen molar-refractivity contribution >= 4 is 21.6 Å². The van der Waals surface area contributed by atoms with Gasteiger partial charge in [0.15, 0.2) is 0 Å². The summed E-state index contributed by atoms with van der Waals surface area (Å²) in [6.07, 6.45) is 0. The summed E-state index contributed by atoms with van der Waals surface area (Å²) in [6, 6.07) is 6.07. The molecule has 2 rings (SSSR count). The lowest BCUT2D eigenvalue weighted by molar-refractivity contribution is 0.261. The average Bonchev–Trinajstić information content (AvgIpc) is 2.56. The lowest BCUT2D eigenvalue weighted by Gasteiger charge is -2.10. The van der Waals surface area contributed by atoms with Gasteiger partial charge in [-0.25, -0.2) is 4.98 Å². The molecule has 0 bridgehead atoms. The highest BCUT2D eigenvalue weighted by atomic mass is 32.1. The van der Waals surface area contributed by atoms with Crippen LogP contribution >= 0.6 is 11.3 Å². The minimum Gasteiger partial charge on any atom is -0.492 e. The SMILES string of the molecule is Cc1nc2ccc(OCCN(C)C)cc2s1. The summed E-state index contributed by atoms with van der Waals surface area (Å²) < 4.78 is 6.87. The van der Waals surface area contributed by atoms with Gasteiger partial charge in [0.1, 0.15) is 12.4 Å². The Morgan fingerprint density at radius 1 is 1.38 bits per heavy atom. The van der Waals surface area contributed by atoms with Crippen molar-refractivity contribution < 1.29 is 4.74 Å². The fourth-order valence-corrected chi connectivity index (χ4v) is 2.31. The number of thiazole rings is 1. The van der Waals surface area contributed by atoms with E-state index in [1.807, 2.05) is 33.2 Å².